The molecule has 0 spiro atoms. The standard InChI is InChI=1S/C19H20N2O3/c1-21-10-16(15-6-8-20-18(15)19(21)22)14-4-2-3-5-17(14)24-12-13-7-9-23-11-13/h2-6,8,10,13,20H,7,9,11-12H2,1H3. The number of aryl methyl sites for hydroxylation is 1. The zero-order valence-electron chi connectivity index (χ0n) is 13.6. The number of nitrogens with one attached hydrogen (secondary N) is 1. The quantitative estimate of drug-likeness (QED) is 0.803. The summed E-state index contributed by atoms with van der Waals surface area (Å²) in [5.41, 5.74) is 2.58. The van der Waals surface area contributed by atoms with Gasteiger partial charge in [-0.25, -0.2) is 0 Å². The highest BCUT2D eigenvalue weighted by Gasteiger charge is 2.18. The van der Waals surface area contributed by atoms with Gasteiger partial charge in [-0.1, -0.05) is 18.2 Å². The largest absolute Gasteiger partial charge is 0.493 e. The highest BCUT2D eigenvalue weighted by Crippen LogP contribution is 2.34. The second-order valence-electron chi connectivity index (χ2n) is 6.26. The van der Waals surface area contributed by atoms with Crippen molar-refractivity contribution in [2.24, 2.45) is 13.0 Å². The van der Waals surface area contributed by atoms with Crippen LogP contribution in [0, 0.1) is 5.92 Å². The second-order valence-corrected chi connectivity index (χ2v) is 6.26. The molecule has 3 aromatic rings. The predicted molar refractivity (Wildman–Crippen MR) is 93.4 cm³/mol. The average Bonchev–Trinajstić information content (AvgIpc) is 3.28. The molecule has 124 valence electrons. The van der Waals surface area contributed by atoms with E-state index in [9.17, 15) is 4.79 Å². The van der Waals surface area contributed by atoms with Crippen LogP contribution < -0.4 is 10.3 Å². The summed E-state index contributed by atoms with van der Waals surface area (Å²) in [6.07, 6.45) is 4.72. The first kappa shape index (κ1) is 15.0. The lowest BCUT2D eigenvalue weighted by Gasteiger charge is -2.15. The molecule has 1 N–H and O–H groups in total. The van der Waals surface area contributed by atoms with Crippen molar-refractivity contribution in [2.45, 2.75) is 6.42 Å². The molecule has 1 atom stereocenters. The van der Waals surface area contributed by atoms with Gasteiger partial charge in [0.05, 0.1) is 13.2 Å². The van der Waals surface area contributed by atoms with Gasteiger partial charge in [-0.15, -0.1) is 0 Å². The summed E-state index contributed by atoms with van der Waals surface area (Å²) in [5.74, 6) is 1.29. The maximum Gasteiger partial charge on any atom is 0.274 e. The summed E-state index contributed by atoms with van der Waals surface area (Å²) in [7, 11) is 1.77. The van der Waals surface area contributed by atoms with Crippen molar-refractivity contribution in [1.29, 1.82) is 0 Å². The van der Waals surface area contributed by atoms with Gasteiger partial charge in [-0.05, 0) is 18.6 Å². The first-order valence-electron chi connectivity index (χ1n) is 8.20. The van der Waals surface area contributed by atoms with Crippen LogP contribution in [-0.2, 0) is 11.8 Å². The van der Waals surface area contributed by atoms with E-state index in [0.717, 1.165) is 41.9 Å². The first-order chi connectivity index (χ1) is 11.7. The molecule has 0 bridgehead atoms. The SMILES string of the molecule is Cn1cc(-c2ccccc2OCC2CCOC2)c2cc[nH]c2c1=O. The fourth-order valence-corrected chi connectivity index (χ4v) is 3.22. The van der Waals surface area contributed by atoms with Crippen LogP contribution >= 0.6 is 0 Å². The molecule has 1 fully saturated rings. The molecule has 1 aliphatic heterocycles. The third-order valence-corrected chi connectivity index (χ3v) is 4.57. The Kier molecular flexibility index (Phi) is 3.86. The number of fused-ring (bicyclic) bond motifs is 1. The fourth-order valence-electron chi connectivity index (χ4n) is 3.22. The molecule has 0 aliphatic carbocycles. The first-order valence-corrected chi connectivity index (χ1v) is 8.20. The number of rotatable bonds is 4. The van der Waals surface area contributed by atoms with E-state index in [4.69, 9.17) is 9.47 Å². The van der Waals surface area contributed by atoms with Crippen LogP contribution in [0.15, 0.2) is 47.5 Å². The molecule has 0 radical (unpaired) electrons. The molecular formula is C19H20N2O3. The van der Waals surface area contributed by atoms with E-state index < -0.39 is 0 Å². The van der Waals surface area contributed by atoms with Crippen molar-refractivity contribution in [3.63, 3.8) is 0 Å². The number of hydrogen-bond donors (Lipinski definition) is 1. The molecule has 1 aromatic carbocycles. The number of pyridine rings is 1. The molecule has 5 nitrogen and oxygen atoms in total. The maximum atomic E-state index is 12.2. The summed E-state index contributed by atoms with van der Waals surface area (Å²) in [5, 5.41) is 0.915. The fraction of sp³-hybridized carbons (Fsp3) is 0.316. The van der Waals surface area contributed by atoms with Crippen LogP contribution in [0.25, 0.3) is 22.0 Å². The monoisotopic (exact) mass is 324 g/mol. The Labute approximate surface area is 139 Å². The van der Waals surface area contributed by atoms with Gasteiger partial charge in [0.2, 0.25) is 0 Å². The lowest BCUT2D eigenvalue weighted by Crippen LogP contribution is -2.16. The van der Waals surface area contributed by atoms with Crippen molar-refractivity contribution in [2.75, 3.05) is 19.8 Å². The maximum absolute atomic E-state index is 12.2. The van der Waals surface area contributed by atoms with Crippen molar-refractivity contribution >= 4 is 10.9 Å². The highest BCUT2D eigenvalue weighted by atomic mass is 16.5. The van der Waals surface area contributed by atoms with Crippen molar-refractivity contribution < 1.29 is 9.47 Å². The molecule has 3 heterocycles. The third kappa shape index (κ3) is 2.61. The zero-order chi connectivity index (χ0) is 16.5. The highest BCUT2D eigenvalue weighted by molar-refractivity contribution is 5.95. The number of ether oxygens (including phenoxy) is 2. The molecule has 5 heteroatoms. The van der Waals surface area contributed by atoms with E-state index in [1.54, 1.807) is 17.8 Å². The average molecular weight is 324 g/mol. The summed E-state index contributed by atoms with van der Waals surface area (Å²) in [6, 6.07) is 9.92. The van der Waals surface area contributed by atoms with Crippen LogP contribution in [0.2, 0.25) is 0 Å². The summed E-state index contributed by atoms with van der Waals surface area (Å²) < 4.78 is 13.1. The van der Waals surface area contributed by atoms with Crippen LogP contribution in [0.5, 0.6) is 5.75 Å². The molecule has 2 aromatic heterocycles. The van der Waals surface area contributed by atoms with Crippen molar-refractivity contribution in [1.82, 2.24) is 9.55 Å². The Morgan fingerprint density at radius 1 is 1.29 bits per heavy atom. The number of benzene rings is 1. The lowest BCUT2D eigenvalue weighted by molar-refractivity contribution is 0.167. The van der Waals surface area contributed by atoms with Gasteiger partial charge in [0, 0.05) is 48.5 Å². The number of aromatic nitrogens is 2. The van der Waals surface area contributed by atoms with Gasteiger partial charge in [-0.2, -0.15) is 0 Å². The number of hydrogen-bond acceptors (Lipinski definition) is 3. The molecule has 1 saturated heterocycles. The number of para-hydroxylation sites is 1. The molecule has 1 aliphatic rings. The summed E-state index contributed by atoms with van der Waals surface area (Å²) in [4.78, 5) is 15.3. The van der Waals surface area contributed by atoms with Crippen LogP contribution in [-0.4, -0.2) is 29.4 Å². The normalized spacial score (nSPS) is 17.5. The van der Waals surface area contributed by atoms with Gasteiger partial charge in [0.25, 0.3) is 5.56 Å². The Hall–Kier alpha value is -2.53. The van der Waals surface area contributed by atoms with Crippen LogP contribution in [0.3, 0.4) is 0 Å². The van der Waals surface area contributed by atoms with Gasteiger partial charge < -0.3 is 19.0 Å². The number of nitrogens with zero attached hydrogens (tertiary/aromatic N) is 1. The van der Waals surface area contributed by atoms with Crippen molar-refractivity contribution in [3.05, 3.63) is 53.1 Å². The topological polar surface area (TPSA) is 56.2 Å². The van der Waals surface area contributed by atoms with E-state index in [1.807, 2.05) is 36.5 Å². The summed E-state index contributed by atoms with van der Waals surface area (Å²) >= 11 is 0. The Morgan fingerprint density at radius 2 is 2.17 bits per heavy atom. The third-order valence-electron chi connectivity index (χ3n) is 4.57. The molecule has 4 rings (SSSR count). The second kappa shape index (κ2) is 6.17. The van der Waals surface area contributed by atoms with Crippen molar-refractivity contribution in [3.8, 4) is 16.9 Å². The minimum atomic E-state index is -0.0275. The van der Waals surface area contributed by atoms with E-state index in [0.29, 0.717) is 18.0 Å². The van der Waals surface area contributed by atoms with E-state index >= 15 is 0 Å². The van der Waals surface area contributed by atoms with Gasteiger partial charge in [0.15, 0.2) is 0 Å². The number of H-pyrrole nitrogens is 1. The van der Waals surface area contributed by atoms with Gasteiger partial charge in [0.1, 0.15) is 11.3 Å². The lowest BCUT2D eigenvalue weighted by atomic mass is 10.0. The molecule has 0 amide bonds. The van der Waals surface area contributed by atoms with E-state index in [-0.39, 0.29) is 5.56 Å². The smallest absolute Gasteiger partial charge is 0.274 e. The Morgan fingerprint density at radius 3 is 3.00 bits per heavy atom. The minimum absolute atomic E-state index is 0.0275. The Bertz CT molecular complexity index is 920. The van der Waals surface area contributed by atoms with E-state index in [1.165, 1.54) is 0 Å². The van der Waals surface area contributed by atoms with Crippen LogP contribution in [0.4, 0.5) is 0 Å². The predicted octanol–water partition coefficient (Wildman–Crippen LogP) is 2.95. The van der Waals surface area contributed by atoms with Gasteiger partial charge >= 0.3 is 0 Å². The molecule has 1 unspecified atom stereocenters. The molecular weight excluding hydrogens is 304 g/mol. The summed E-state index contributed by atoms with van der Waals surface area (Å²) in [6.45, 7) is 2.24. The Balaban J connectivity index is 1.75. The van der Waals surface area contributed by atoms with Gasteiger partial charge in [-0.3, -0.25) is 4.79 Å². The zero-order valence-corrected chi connectivity index (χ0v) is 13.6. The van der Waals surface area contributed by atoms with E-state index in [2.05, 4.69) is 4.98 Å². The minimum Gasteiger partial charge on any atom is -0.493 e. The molecule has 0 saturated carbocycles. The number of aromatic amines is 1. The molecule has 24 heavy (non-hydrogen) atoms. The van der Waals surface area contributed by atoms with Crippen LogP contribution in [0.1, 0.15) is 6.42 Å².